The Labute approximate surface area is 223 Å². The van der Waals surface area contributed by atoms with E-state index in [1.165, 1.54) is 12.0 Å². The summed E-state index contributed by atoms with van der Waals surface area (Å²) in [5, 5.41) is 0.993. The van der Waals surface area contributed by atoms with E-state index in [1.807, 2.05) is 24.3 Å². The quantitative estimate of drug-likeness (QED) is 0.243. The van der Waals surface area contributed by atoms with Gasteiger partial charge >= 0.3 is 0 Å². The Morgan fingerprint density at radius 3 is 2.63 bits per heavy atom. The third kappa shape index (κ3) is 4.76. The molecule has 194 valence electrons. The predicted molar refractivity (Wildman–Crippen MR) is 151 cm³/mol. The molecular formula is C31H33N5O2. The molecule has 2 aromatic heterocycles. The number of imidazole rings is 1. The van der Waals surface area contributed by atoms with Gasteiger partial charge in [0, 0.05) is 43.9 Å². The van der Waals surface area contributed by atoms with Crippen molar-refractivity contribution in [1.82, 2.24) is 19.5 Å². The highest BCUT2D eigenvalue weighted by Gasteiger charge is 2.24. The van der Waals surface area contributed by atoms with Gasteiger partial charge in [0.25, 0.3) is 0 Å². The second-order valence-electron chi connectivity index (χ2n) is 9.94. The summed E-state index contributed by atoms with van der Waals surface area (Å²) >= 11 is 0. The fraction of sp³-hybridized carbons (Fsp3) is 0.323. The molecule has 1 atom stereocenters. The van der Waals surface area contributed by atoms with E-state index in [9.17, 15) is 0 Å². The summed E-state index contributed by atoms with van der Waals surface area (Å²) in [6.45, 7) is 2.49. The normalized spacial score (nSPS) is 15.7. The number of anilines is 1. The van der Waals surface area contributed by atoms with E-state index >= 15 is 0 Å². The number of hydrogen-bond donors (Lipinski definition) is 0. The number of hydrogen-bond acceptors (Lipinski definition) is 6. The van der Waals surface area contributed by atoms with Gasteiger partial charge in [0.05, 0.1) is 30.3 Å². The van der Waals surface area contributed by atoms with Gasteiger partial charge in [-0.1, -0.05) is 42.5 Å². The molecule has 1 aliphatic heterocycles. The highest BCUT2D eigenvalue weighted by Crippen LogP contribution is 2.37. The molecule has 3 heterocycles. The van der Waals surface area contributed by atoms with Gasteiger partial charge in [0.2, 0.25) is 0 Å². The molecule has 3 aromatic carbocycles. The van der Waals surface area contributed by atoms with E-state index in [0.29, 0.717) is 18.3 Å². The molecule has 0 aliphatic carbocycles. The number of methoxy groups -OCH3 is 1. The van der Waals surface area contributed by atoms with Crippen LogP contribution in [0.15, 0.2) is 73.1 Å². The van der Waals surface area contributed by atoms with Crippen molar-refractivity contribution in [2.75, 3.05) is 31.7 Å². The Morgan fingerprint density at radius 1 is 0.947 bits per heavy atom. The maximum atomic E-state index is 6.27. The molecule has 0 N–H and O–H groups in total. The topological polar surface area (TPSA) is 65.3 Å². The molecule has 0 amide bonds. The number of fused-ring (bicyclic) bond motifs is 2. The SMILES string of the molecule is COc1cc2ncnc(N3CCCC(c4ccccc4)C3)c2cc1OCCCc1nc2ccccc2n1C. The standard InChI is InChI=1S/C31H33N5O2/c1-35-27-14-7-6-13-25(27)34-30(35)15-9-17-38-29-18-24-26(19-28(29)37-2)32-21-33-31(24)36-16-8-12-23(20-36)22-10-4-3-5-11-22/h3-7,10-11,13-14,18-19,21,23H,8-9,12,15-17,20H2,1-2H3. The number of benzene rings is 3. The van der Waals surface area contributed by atoms with Crippen molar-refractivity contribution in [2.24, 2.45) is 7.05 Å². The molecule has 0 saturated carbocycles. The van der Waals surface area contributed by atoms with Gasteiger partial charge in [-0.05, 0) is 43.0 Å². The molecule has 1 aliphatic rings. The average molecular weight is 508 g/mol. The van der Waals surface area contributed by atoms with Crippen LogP contribution in [0.25, 0.3) is 21.9 Å². The average Bonchev–Trinajstić information content (AvgIpc) is 3.30. The summed E-state index contributed by atoms with van der Waals surface area (Å²) in [6.07, 6.45) is 5.66. The molecule has 7 nitrogen and oxygen atoms in total. The molecule has 0 spiro atoms. The highest BCUT2D eigenvalue weighted by molar-refractivity contribution is 5.92. The first-order chi connectivity index (χ1) is 18.7. The van der Waals surface area contributed by atoms with E-state index in [-0.39, 0.29) is 0 Å². The minimum atomic E-state index is 0.492. The monoisotopic (exact) mass is 507 g/mol. The molecule has 1 unspecified atom stereocenters. The van der Waals surface area contributed by atoms with Crippen molar-refractivity contribution in [1.29, 1.82) is 0 Å². The van der Waals surface area contributed by atoms with Crippen molar-refractivity contribution in [2.45, 2.75) is 31.6 Å². The Morgan fingerprint density at radius 2 is 1.79 bits per heavy atom. The number of piperidine rings is 1. The number of para-hydroxylation sites is 2. The molecule has 0 bridgehead atoms. The van der Waals surface area contributed by atoms with E-state index < -0.39 is 0 Å². The fourth-order valence-electron chi connectivity index (χ4n) is 5.57. The van der Waals surface area contributed by atoms with Crippen LogP contribution in [0.2, 0.25) is 0 Å². The van der Waals surface area contributed by atoms with Crippen LogP contribution in [0.1, 0.15) is 36.6 Å². The number of aromatic nitrogens is 4. The fourth-order valence-corrected chi connectivity index (χ4v) is 5.57. The maximum Gasteiger partial charge on any atom is 0.162 e. The van der Waals surface area contributed by atoms with Gasteiger partial charge in [-0.2, -0.15) is 0 Å². The van der Waals surface area contributed by atoms with Gasteiger partial charge < -0.3 is 18.9 Å². The molecule has 7 heteroatoms. The molecule has 6 rings (SSSR count). The zero-order chi connectivity index (χ0) is 25.9. The summed E-state index contributed by atoms with van der Waals surface area (Å²) in [6, 6.07) is 23.0. The lowest BCUT2D eigenvalue weighted by Crippen LogP contribution is -2.35. The molecule has 5 aromatic rings. The third-order valence-electron chi connectivity index (χ3n) is 7.57. The molecule has 1 saturated heterocycles. The van der Waals surface area contributed by atoms with Gasteiger partial charge in [0.15, 0.2) is 11.5 Å². The van der Waals surface area contributed by atoms with Crippen LogP contribution < -0.4 is 14.4 Å². The second kappa shape index (κ2) is 10.7. The summed E-state index contributed by atoms with van der Waals surface area (Å²) in [5.41, 5.74) is 4.43. The third-order valence-corrected chi connectivity index (χ3v) is 7.57. The van der Waals surface area contributed by atoms with E-state index in [1.54, 1.807) is 13.4 Å². The summed E-state index contributed by atoms with van der Waals surface area (Å²) in [5.74, 6) is 3.92. The minimum absolute atomic E-state index is 0.492. The zero-order valence-electron chi connectivity index (χ0n) is 22.0. The Bertz CT molecular complexity index is 1550. The van der Waals surface area contributed by atoms with Crippen LogP contribution in [0.5, 0.6) is 11.5 Å². The summed E-state index contributed by atoms with van der Waals surface area (Å²) < 4.78 is 14.1. The van der Waals surface area contributed by atoms with Crippen LogP contribution in [0.3, 0.4) is 0 Å². The zero-order valence-corrected chi connectivity index (χ0v) is 22.0. The lowest BCUT2D eigenvalue weighted by Gasteiger charge is -2.34. The van der Waals surface area contributed by atoms with E-state index in [0.717, 1.165) is 71.7 Å². The number of nitrogens with zero attached hydrogens (tertiary/aromatic N) is 5. The first kappa shape index (κ1) is 24.2. The van der Waals surface area contributed by atoms with Gasteiger partial charge in [-0.3, -0.25) is 0 Å². The number of rotatable bonds is 8. The molecule has 0 radical (unpaired) electrons. The number of aryl methyl sites for hydroxylation is 2. The smallest absolute Gasteiger partial charge is 0.162 e. The van der Waals surface area contributed by atoms with Crippen LogP contribution in [0, 0.1) is 0 Å². The Hall–Kier alpha value is -4.13. The Balaban J connectivity index is 1.20. The minimum Gasteiger partial charge on any atom is -0.493 e. The molecular weight excluding hydrogens is 474 g/mol. The van der Waals surface area contributed by atoms with Crippen LogP contribution in [0.4, 0.5) is 5.82 Å². The van der Waals surface area contributed by atoms with Crippen molar-refractivity contribution in [3.63, 3.8) is 0 Å². The van der Waals surface area contributed by atoms with Crippen molar-refractivity contribution in [3.05, 3.63) is 84.4 Å². The lowest BCUT2D eigenvalue weighted by molar-refractivity contribution is 0.289. The highest BCUT2D eigenvalue weighted by atomic mass is 16.5. The lowest BCUT2D eigenvalue weighted by atomic mass is 9.90. The number of ether oxygens (including phenoxy) is 2. The van der Waals surface area contributed by atoms with E-state index in [2.05, 4.69) is 64.0 Å². The van der Waals surface area contributed by atoms with Crippen LogP contribution in [-0.2, 0) is 13.5 Å². The van der Waals surface area contributed by atoms with Gasteiger partial charge in [-0.25, -0.2) is 15.0 Å². The molecule has 38 heavy (non-hydrogen) atoms. The predicted octanol–water partition coefficient (Wildman–Crippen LogP) is 5.92. The first-order valence-electron chi connectivity index (χ1n) is 13.4. The van der Waals surface area contributed by atoms with Gasteiger partial charge in [0.1, 0.15) is 18.0 Å². The van der Waals surface area contributed by atoms with Crippen molar-refractivity contribution >= 4 is 27.8 Å². The Kier molecular flexibility index (Phi) is 6.82. The van der Waals surface area contributed by atoms with Crippen LogP contribution in [-0.4, -0.2) is 46.3 Å². The van der Waals surface area contributed by atoms with Crippen molar-refractivity contribution in [3.8, 4) is 11.5 Å². The van der Waals surface area contributed by atoms with Gasteiger partial charge in [-0.15, -0.1) is 0 Å². The first-order valence-corrected chi connectivity index (χ1v) is 13.4. The molecule has 1 fully saturated rings. The summed E-state index contributed by atoms with van der Waals surface area (Å²) in [4.78, 5) is 16.5. The largest absolute Gasteiger partial charge is 0.493 e. The van der Waals surface area contributed by atoms with Crippen molar-refractivity contribution < 1.29 is 9.47 Å². The van der Waals surface area contributed by atoms with Crippen LogP contribution >= 0.6 is 0 Å². The maximum absolute atomic E-state index is 6.27. The second-order valence-corrected chi connectivity index (χ2v) is 9.94. The summed E-state index contributed by atoms with van der Waals surface area (Å²) in [7, 11) is 3.74. The van der Waals surface area contributed by atoms with E-state index in [4.69, 9.17) is 19.4 Å².